The molecule has 5 nitrogen and oxygen atoms in total. The van der Waals surface area contributed by atoms with Crippen LogP contribution in [-0.2, 0) is 10.2 Å². The fourth-order valence-corrected chi connectivity index (χ4v) is 2.75. The lowest BCUT2D eigenvalue weighted by atomic mass is 9.95. The minimum atomic E-state index is -0.540. The van der Waals surface area contributed by atoms with E-state index in [-0.39, 0.29) is 11.6 Å². The van der Waals surface area contributed by atoms with Crippen LogP contribution in [-0.4, -0.2) is 16.8 Å². The van der Waals surface area contributed by atoms with Crippen molar-refractivity contribution in [3.8, 4) is 0 Å². The normalized spacial score (nSPS) is 15.0. The molecule has 0 saturated heterocycles. The van der Waals surface area contributed by atoms with Crippen LogP contribution in [0.25, 0.3) is 0 Å². The van der Waals surface area contributed by atoms with Gasteiger partial charge in [-0.3, -0.25) is 25.4 Å². The van der Waals surface area contributed by atoms with E-state index in [9.17, 15) is 9.59 Å². The van der Waals surface area contributed by atoms with Gasteiger partial charge in [-0.25, -0.2) is 0 Å². The van der Waals surface area contributed by atoms with Crippen molar-refractivity contribution >= 4 is 27.7 Å². The van der Waals surface area contributed by atoms with Crippen LogP contribution in [0.5, 0.6) is 0 Å². The highest BCUT2D eigenvalue weighted by atomic mass is 79.9. The first-order chi connectivity index (χ1) is 10.6. The summed E-state index contributed by atoms with van der Waals surface area (Å²) < 4.78 is 0.932. The van der Waals surface area contributed by atoms with Crippen molar-refractivity contribution in [2.45, 2.75) is 18.3 Å². The minimum Gasteiger partial charge on any atom is -0.272 e. The molecule has 22 heavy (non-hydrogen) atoms. The second-order valence-electron chi connectivity index (χ2n) is 5.22. The van der Waals surface area contributed by atoms with E-state index in [1.54, 1.807) is 18.2 Å². The lowest BCUT2D eigenvalue weighted by Crippen LogP contribution is -2.46. The zero-order valence-corrected chi connectivity index (χ0v) is 13.3. The molecule has 2 aromatic rings. The molecule has 2 amide bonds. The standard InChI is InChI=1S/C16H14BrN3O2/c17-12-5-3-4-11(10-12)16(7-8-16)15(22)20-19-14(21)13-6-1-2-9-18-13/h1-6,9-10H,7-8H2,(H,19,21)(H,20,22). The second-order valence-corrected chi connectivity index (χ2v) is 6.13. The molecule has 3 rings (SSSR count). The topological polar surface area (TPSA) is 71.1 Å². The number of amides is 2. The van der Waals surface area contributed by atoms with Crippen LogP contribution in [0.15, 0.2) is 53.1 Å². The quantitative estimate of drug-likeness (QED) is 0.826. The molecule has 0 unspecified atom stereocenters. The Kier molecular flexibility index (Phi) is 3.94. The van der Waals surface area contributed by atoms with Gasteiger partial charge in [0.15, 0.2) is 0 Å². The number of carbonyl (C=O) groups excluding carboxylic acids is 2. The molecule has 1 saturated carbocycles. The second kappa shape index (κ2) is 5.88. The highest BCUT2D eigenvalue weighted by molar-refractivity contribution is 9.10. The van der Waals surface area contributed by atoms with Crippen molar-refractivity contribution in [2.24, 2.45) is 0 Å². The number of carbonyl (C=O) groups is 2. The molecule has 1 fully saturated rings. The highest BCUT2D eigenvalue weighted by Gasteiger charge is 2.51. The van der Waals surface area contributed by atoms with Gasteiger partial charge in [-0.1, -0.05) is 34.1 Å². The number of benzene rings is 1. The van der Waals surface area contributed by atoms with Gasteiger partial charge in [0, 0.05) is 10.7 Å². The van der Waals surface area contributed by atoms with Gasteiger partial charge >= 0.3 is 0 Å². The van der Waals surface area contributed by atoms with Crippen LogP contribution in [0.3, 0.4) is 0 Å². The van der Waals surface area contributed by atoms with Crippen molar-refractivity contribution in [3.05, 3.63) is 64.4 Å². The Balaban J connectivity index is 1.66. The first-order valence-corrected chi connectivity index (χ1v) is 7.69. The van der Waals surface area contributed by atoms with Crippen LogP contribution in [0, 0.1) is 0 Å². The van der Waals surface area contributed by atoms with Gasteiger partial charge in [0.05, 0.1) is 5.41 Å². The summed E-state index contributed by atoms with van der Waals surface area (Å²) in [7, 11) is 0. The molecule has 0 spiro atoms. The van der Waals surface area contributed by atoms with Crippen LogP contribution in [0.4, 0.5) is 0 Å². The van der Waals surface area contributed by atoms with E-state index in [0.29, 0.717) is 0 Å². The predicted octanol–water partition coefficient (Wildman–Crippen LogP) is 2.34. The summed E-state index contributed by atoms with van der Waals surface area (Å²) in [4.78, 5) is 28.2. The number of nitrogens with zero attached hydrogens (tertiary/aromatic N) is 1. The smallest absolute Gasteiger partial charge is 0.272 e. The summed E-state index contributed by atoms with van der Waals surface area (Å²) in [5.41, 5.74) is 5.59. The summed E-state index contributed by atoms with van der Waals surface area (Å²) >= 11 is 3.41. The number of hydrazine groups is 1. The average Bonchev–Trinajstić information content (AvgIpc) is 3.35. The Morgan fingerprint density at radius 1 is 1.09 bits per heavy atom. The van der Waals surface area contributed by atoms with E-state index >= 15 is 0 Å². The third-order valence-electron chi connectivity index (χ3n) is 3.75. The van der Waals surface area contributed by atoms with Crippen LogP contribution >= 0.6 is 15.9 Å². The lowest BCUT2D eigenvalue weighted by Gasteiger charge is -2.16. The maximum atomic E-state index is 12.4. The maximum absolute atomic E-state index is 12.4. The lowest BCUT2D eigenvalue weighted by molar-refractivity contribution is -0.124. The Morgan fingerprint density at radius 2 is 1.91 bits per heavy atom. The Morgan fingerprint density at radius 3 is 2.55 bits per heavy atom. The fraction of sp³-hybridized carbons (Fsp3) is 0.188. The summed E-state index contributed by atoms with van der Waals surface area (Å²) in [5.74, 6) is -0.631. The van der Waals surface area contributed by atoms with E-state index < -0.39 is 11.3 Å². The van der Waals surface area contributed by atoms with Gasteiger partial charge in [-0.15, -0.1) is 0 Å². The summed E-state index contributed by atoms with van der Waals surface area (Å²) in [6.45, 7) is 0. The molecule has 112 valence electrons. The van der Waals surface area contributed by atoms with Gasteiger partial charge in [0.2, 0.25) is 5.91 Å². The van der Waals surface area contributed by atoms with Crippen LogP contribution in [0.2, 0.25) is 0 Å². The molecule has 0 radical (unpaired) electrons. The largest absolute Gasteiger partial charge is 0.288 e. The van der Waals surface area contributed by atoms with E-state index in [1.165, 1.54) is 6.20 Å². The number of rotatable bonds is 3. The summed E-state index contributed by atoms with van der Waals surface area (Å²) in [6.07, 6.45) is 3.07. The van der Waals surface area contributed by atoms with Crippen molar-refractivity contribution in [1.82, 2.24) is 15.8 Å². The highest BCUT2D eigenvalue weighted by Crippen LogP contribution is 2.48. The zero-order chi connectivity index (χ0) is 15.6. The molecule has 0 atom stereocenters. The number of pyridine rings is 1. The van der Waals surface area contributed by atoms with Crippen molar-refractivity contribution in [1.29, 1.82) is 0 Å². The van der Waals surface area contributed by atoms with E-state index in [1.807, 2.05) is 24.3 Å². The molecule has 2 N–H and O–H groups in total. The van der Waals surface area contributed by atoms with Crippen molar-refractivity contribution in [2.75, 3.05) is 0 Å². The van der Waals surface area contributed by atoms with Crippen molar-refractivity contribution < 1.29 is 9.59 Å². The first-order valence-electron chi connectivity index (χ1n) is 6.90. The van der Waals surface area contributed by atoms with Crippen LogP contribution < -0.4 is 10.9 Å². The summed E-state index contributed by atoms with van der Waals surface area (Å²) in [6, 6.07) is 12.7. The third-order valence-corrected chi connectivity index (χ3v) is 4.24. The fourth-order valence-electron chi connectivity index (χ4n) is 2.35. The summed E-state index contributed by atoms with van der Waals surface area (Å²) in [5, 5.41) is 0. The molecule has 0 aliphatic heterocycles. The molecule has 1 aliphatic rings. The SMILES string of the molecule is O=C(NNC(=O)C1(c2cccc(Br)c2)CC1)c1ccccn1. The Hall–Kier alpha value is -2.21. The number of hydrogen-bond donors (Lipinski definition) is 2. The van der Waals surface area contributed by atoms with E-state index in [0.717, 1.165) is 22.9 Å². The van der Waals surface area contributed by atoms with Gasteiger partial charge in [-0.05, 0) is 42.7 Å². The number of halogens is 1. The van der Waals surface area contributed by atoms with Gasteiger partial charge in [-0.2, -0.15) is 0 Å². The minimum absolute atomic E-state index is 0.199. The van der Waals surface area contributed by atoms with Crippen molar-refractivity contribution in [3.63, 3.8) is 0 Å². The Bertz CT molecular complexity index is 714. The molecule has 1 heterocycles. The molecule has 1 aromatic carbocycles. The van der Waals surface area contributed by atoms with E-state index in [2.05, 4.69) is 31.8 Å². The average molecular weight is 360 g/mol. The van der Waals surface area contributed by atoms with Crippen LogP contribution in [0.1, 0.15) is 28.9 Å². The monoisotopic (exact) mass is 359 g/mol. The van der Waals surface area contributed by atoms with Gasteiger partial charge in [0.25, 0.3) is 5.91 Å². The first kappa shape index (κ1) is 14.7. The Labute approximate surface area is 136 Å². The zero-order valence-electron chi connectivity index (χ0n) is 11.7. The van der Waals surface area contributed by atoms with Gasteiger partial charge in [0.1, 0.15) is 5.69 Å². The maximum Gasteiger partial charge on any atom is 0.288 e. The van der Waals surface area contributed by atoms with E-state index in [4.69, 9.17) is 0 Å². The number of hydrogen-bond acceptors (Lipinski definition) is 3. The molecular weight excluding hydrogens is 346 g/mol. The third kappa shape index (κ3) is 2.87. The number of aromatic nitrogens is 1. The molecule has 1 aromatic heterocycles. The van der Waals surface area contributed by atoms with Gasteiger partial charge < -0.3 is 0 Å². The predicted molar refractivity (Wildman–Crippen MR) is 84.9 cm³/mol. The molecule has 6 heteroatoms. The molecule has 1 aliphatic carbocycles. The number of nitrogens with one attached hydrogen (secondary N) is 2. The molecular formula is C16H14BrN3O2. The molecule has 0 bridgehead atoms.